The van der Waals surface area contributed by atoms with Crippen LogP contribution in [0.4, 0.5) is 0 Å². The minimum absolute atomic E-state index is 0.0934. The van der Waals surface area contributed by atoms with E-state index in [1.165, 1.54) is 5.56 Å². The van der Waals surface area contributed by atoms with Gasteiger partial charge in [0.15, 0.2) is 0 Å². The molecule has 1 amide bonds. The standard InChI is InChI=1S/C20H25N3O2/c1-12-4-6-16-17(9-12)22-19(21-16)13-3-2-8-23(11-13)20(24)15-10-14-5-7-18(15)25-14/h4,6,9,13-15,18H,2-3,5,7-8,10-11H2,1H3,(H,21,22)/t13-,14-,15-,18-/m1/s1. The first kappa shape index (κ1) is 15.4. The first-order chi connectivity index (χ1) is 12.2. The van der Waals surface area contributed by atoms with E-state index in [2.05, 4.69) is 35.0 Å². The number of aromatic nitrogens is 2. The molecule has 25 heavy (non-hydrogen) atoms. The van der Waals surface area contributed by atoms with Crippen molar-refractivity contribution in [2.75, 3.05) is 13.1 Å². The molecule has 0 unspecified atom stereocenters. The third-order valence-electron chi connectivity index (χ3n) is 6.20. The molecule has 1 N–H and O–H groups in total. The lowest BCUT2D eigenvalue weighted by Gasteiger charge is -2.34. The SMILES string of the molecule is Cc1ccc2nc([C@@H]3CCCN(C(=O)[C@@H]4C[C@H]5CC[C@H]4O5)C3)[nH]c2c1. The van der Waals surface area contributed by atoms with Crippen LogP contribution in [0.25, 0.3) is 11.0 Å². The zero-order chi connectivity index (χ0) is 17.0. The van der Waals surface area contributed by atoms with Gasteiger partial charge in [0.1, 0.15) is 5.82 Å². The molecular formula is C20H25N3O2. The van der Waals surface area contributed by atoms with Gasteiger partial charge in [-0.05, 0) is 56.7 Å². The van der Waals surface area contributed by atoms with Crippen molar-refractivity contribution >= 4 is 16.9 Å². The van der Waals surface area contributed by atoms with Crippen molar-refractivity contribution in [2.24, 2.45) is 5.92 Å². The Kier molecular flexibility index (Phi) is 3.59. The number of imidazole rings is 1. The molecule has 3 aliphatic rings. The number of rotatable bonds is 2. The number of benzene rings is 1. The number of carbonyl (C=O) groups is 1. The molecule has 3 fully saturated rings. The van der Waals surface area contributed by atoms with Crippen molar-refractivity contribution in [3.63, 3.8) is 0 Å². The van der Waals surface area contributed by atoms with Crippen molar-refractivity contribution in [3.05, 3.63) is 29.6 Å². The summed E-state index contributed by atoms with van der Waals surface area (Å²) in [6.07, 6.45) is 5.76. The predicted molar refractivity (Wildman–Crippen MR) is 95.4 cm³/mol. The Morgan fingerprint density at radius 1 is 1.32 bits per heavy atom. The number of nitrogens with one attached hydrogen (secondary N) is 1. The van der Waals surface area contributed by atoms with Crippen LogP contribution in [0.2, 0.25) is 0 Å². The molecular weight excluding hydrogens is 314 g/mol. The number of nitrogens with zero attached hydrogens (tertiary/aromatic N) is 2. The summed E-state index contributed by atoms with van der Waals surface area (Å²) in [6, 6.07) is 6.31. The Balaban J connectivity index is 1.34. The number of H-pyrrole nitrogens is 1. The summed E-state index contributed by atoms with van der Waals surface area (Å²) in [4.78, 5) is 23.3. The van der Waals surface area contributed by atoms with Crippen LogP contribution in [0.15, 0.2) is 18.2 Å². The van der Waals surface area contributed by atoms with Crippen molar-refractivity contribution in [2.45, 2.75) is 57.2 Å². The molecule has 3 aliphatic heterocycles. The van der Waals surface area contributed by atoms with Gasteiger partial charge in [0.05, 0.1) is 29.2 Å². The van der Waals surface area contributed by atoms with E-state index in [9.17, 15) is 4.79 Å². The molecule has 0 spiro atoms. The highest BCUT2D eigenvalue weighted by Gasteiger charge is 2.46. The number of carbonyl (C=O) groups excluding carboxylic acids is 1. The molecule has 2 aromatic rings. The van der Waals surface area contributed by atoms with Crippen LogP contribution in [-0.2, 0) is 9.53 Å². The molecule has 0 aliphatic carbocycles. The monoisotopic (exact) mass is 339 g/mol. The van der Waals surface area contributed by atoms with Crippen LogP contribution in [0, 0.1) is 12.8 Å². The maximum atomic E-state index is 13.0. The van der Waals surface area contributed by atoms with Gasteiger partial charge >= 0.3 is 0 Å². The number of ether oxygens (including phenoxy) is 1. The highest BCUT2D eigenvalue weighted by Crippen LogP contribution is 2.40. The second-order valence-electron chi connectivity index (χ2n) is 7.98. The van der Waals surface area contributed by atoms with Crippen LogP contribution in [0.3, 0.4) is 0 Å². The summed E-state index contributed by atoms with van der Waals surface area (Å²) < 4.78 is 5.89. The summed E-state index contributed by atoms with van der Waals surface area (Å²) in [5, 5.41) is 0. The molecule has 1 aromatic heterocycles. The number of aryl methyl sites for hydroxylation is 1. The third-order valence-corrected chi connectivity index (χ3v) is 6.20. The average Bonchev–Trinajstić information content (AvgIpc) is 3.35. The largest absolute Gasteiger partial charge is 0.374 e. The smallest absolute Gasteiger partial charge is 0.228 e. The van der Waals surface area contributed by atoms with Crippen molar-refractivity contribution < 1.29 is 9.53 Å². The van der Waals surface area contributed by atoms with E-state index in [0.717, 1.165) is 62.1 Å². The summed E-state index contributed by atoms with van der Waals surface area (Å²) >= 11 is 0. The maximum absolute atomic E-state index is 13.0. The van der Waals surface area contributed by atoms with Gasteiger partial charge in [-0.3, -0.25) is 4.79 Å². The summed E-state index contributed by atoms with van der Waals surface area (Å²) in [7, 11) is 0. The average molecular weight is 339 g/mol. The molecule has 0 saturated carbocycles. The molecule has 3 saturated heterocycles. The number of fused-ring (bicyclic) bond motifs is 3. The highest BCUT2D eigenvalue weighted by molar-refractivity contribution is 5.80. The zero-order valence-corrected chi connectivity index (χ0v) is 14.7. The quantitative estimate of drug-likeness (QED) is 0.914. The van der Waals surface area contributed by atoms with E-state index in [1.807, 2.05) is 0 Å². The lowest BCUT2D eigenvalue weighted by molar-refractivity contribution is -0.138. The van der Waals surface area contributed by atoms with Crippen LogP contribution in [0.5, 0.6) is 0 Å². The molecule has 0 radical (unpaired) electrons. The zero-order valence-electron chi connectivity index (χ0n) is 14.7. The predicted octanol–water partition coefficient (Wildman–Crippen LogP) is 3.14. The van der Waals surface area contributed by atoms with E-state index >= 15 is 0 Å². The van der Waals surface area contributed by atoms with Crippen molar-refractivity contribution in [1.82, 2.24) is 14.9 Å². The molecule has 1 aromatic carbocycles. The minimum atomic E-state index is 0.0934. The Bertz CT molecular complexity index is 814. The fraction of sp³-hybridized carbons (Fsp3) is 0.600. The van der Waals surface area contributed by atoms with Gasteiger partial charge < -0.3 is 14.6 Å². The van der Waals surface area contributed by atoms with Gasteiger partial charge in [-0.25, -0.2) is 4.98 Å². The van der Waals surface area contributed by atoms with Gasteiger partial charge in [0, 0.05) is 19.0 Å². The number of aromatic amines is 1. The summed E-state index contributed by atoms with van der Waals surface area (Å²) in [5.74, 6) is 1.74. The van der Waals surface area contributed by atoms with Gasteiger partial charge in [-0.2, -0.15) is 0 Å². The lowest BCUT2D eigenvalue weighted by atomic mass is 9.87. The second-order valence-corrected chi connectivity index (χ2v) is 7.98. The lowest BCUT2D eigenvalue weighted by Crippen LogP contribution is -2.44. The van der Waals surface area contributed by atoms with Crippen LogP contribution >= 0.6 is 0 Å². The summed E-state index contributed by atoms with van der Waals surface area (Å²) in [5.41, 5.74) is 3.35. The van der Waals surface area contributed by atoms with Crippen molar-refractivity contribution in [3.8, 4) is 0 Å². The maximum Gasteiger partial charge on any atom is 0.228 e. The number of amides is 1. The molecule has 132 valence electrons. The van der Waals surface area contributed by atoms with E-state index < -0.39 is 0 Å². The van der Waals surface area contributed by atoms with Crippen LogP contribution < -0.4 is 0 Å². The Hall–Kier alpha value is -1.88. The normalized spacial score (nSPS) is 31.8. The highest BCUT2D eigenvalue weighted by atomic mass is 16.5. The Labute approximate surface area is 147 Å². The van der Waals surface area contributed by atoms with Gasteiger partial charge in [0.2, 0.25) is 5.91 Å². The fourth-order valence-electron chi connectivity index (χ4n) is 4.87. The molecule has 4 heterocycles. The third kappa shape index (κ3) is 2.65. The Morgan fingerprint density at radius 2 is 2.24 bits per heavy atom. The molecule has 2 bridgehead atoms. The first-order valence-electron chi connectivity index (χ1n) is 9.58. The number of hydrogen-bond acceptors (Lipinski definition) is 3. The number of likely N-dealkylation sites (tertiary alicyclic amines) is 1. The summed E-state index contributed by atoms with van der Waals surface area (Å²) in [6.45, 7) is 3.76. The number of hydrogen-bond donors (Lipinski definition) is 1. The van der Waals surface area contributed by atoms with Crippen LogP contribution in [0.1, 0.15) is 49.4 Å². The molecule has 5 heteroatoms. The second kappa shape index (κ2) is 5.84. The topological polar surface area (TPSA) is 58.2 Å². The molecule has 5 rings (SSSR count). The Morgan fingerprint density at radius 3 is 3.04 bits per heavy atom. The van der Waals surface area contributed by atoms with E-state index in [-0.39, 0.29) is 12.0 Å². The molecule has 5 nitrogen and oxygen atoms in total. The van der Waals surface area contributed by atoms with Gasteiger partial charge in [0.25, 0.3) is 0 Å². The minimum Gasteiger partial charge on any atom is -0.374 e. The van der Waals surface area contributed by atoms with E-state index in [1.54, 1.807) is 0 Å². The van der Waals surface area contributed by atoms with Gasteiger partial charge in [-0.15, -0.1) is 0 Å². The molecule has 4 atom stereocenters. The van der Waals surface area contributed by atoms with Crippen molar-refractivity contribution in [1.29, 1.82) is 0 Å². The van der Waals surface area contributed by atoms with Crippen LogP contribution in [-0.4, -0.2) is 46.1 Å². The van der Waals surface area contributed by atoms with Gasteiger partial charge in [-0.1, -0.05) is 6.07 Å². The van der Waals surface area contributed by atoms with E-state index in [4.69, 9.17) is 9.72 Å². The fourth-order valence-corrected chi connectivity index (χ4v) is 4.87. The number of piperidine rings is 1. The van der Waals surface area contributed by atoms with E-state index in [0.29, 0.717) is 17.9 Å². The first-order valence-corrected chi connectivity index (χ1v) is 9.58.